The Morgan fingerprint density at radius 2 is 0.746 bits per heavy atom. The second-order valence-electron chi connectivity index (χ2n) is 18.2. The van der Waals surface area contributed by atoms with Crippen LogP contribution in [0.4, 0.5) is 0 Å². The molecule has 0 amide bonds. The summed E-state index contributed by atoms with van der Waals surface area (Å²) in [4.78, 5) is 0. The fourth-order valence-corrected chi connectivity index (χ4v) is 29.0. The minimum absolute atomic E-state index is 0. The average Bonchev–Trinajstić information content (AvgIpc) is 3.84. The molecule has 0 saturated carbocycles. The maximum Gasteiger partial charge on any atom is -1.00 e. The van der Waals surface area contributed by atoms with E-state index < -0.39 is 20.3 Å². The Hall–Kier alpha value is -4.26. The van der Waals surface area contributed by atoms with Crippen LogP contribution in [-0.2, 0) is 20.3 Å². The molecule has 0 N–H and O–H groups in total. The smallest absolute Gasteiger partial charge is 1.00 e. The van der Waals surface area contributed by atoms with Gasteiger partial charge in [-0.25, -0.2) is 0 Å². The molecule has 59 heavy (non-hydrogen) atoms. The first-order valence-corrected chi connectivity index (χ1v) is 27.7. The monoisotopic (exact) mass is 882 g/mol. The Bertz CT molecular complexity index is 2800. The molecule has 2 atom stereocenters. The molecule has 292 valence electrons. The first-order valence-electron chi connectivity index (χ1n) is 21.4. The van der Waals surface area contributed by atoms with E-state index in [0.29, 0.717) is 19.1 Å². The molecule has 2 aliphatic carbocycles. The summed E-state index contributed by atoms with van der Waals surface area (Å²) in [5.74, 6) is 1.15. The number of benzene rings is 8. The van der Waals surface area contributed by atoms with Gasteiger partial charge in [0.05, 0.1) is 0 Å². The molecule has 3 heteroatoms. The molecular weight excluding hydrogens is 835 g/mol. The zero-order valence-electron chi connectivity index (χ0n) is 34.4. The van der Waals surface area contributed by atoms with Crippen LogP contribution in [0.5, 0.6) is 0 Å². The molecule has 0 aromatic heterocycles. The first kappa shape index (κ1) is 40.2. The summed E-state index contributed by atoms with van der Waals surface area (Å²) in [5.41, 5.74) is 15.8. The van der Waals surface area contributed by atoms with Crippen LogP contribution in [0.15, 0.2) is 169 Å². The van der Waals surface area contributed by atoms with Crippen molar-refractivity contribution in [3.63, 3.8) is 0 Å². The summed E-state index contributed by atoms with van der Waals surface area (Å²) < 4.78 is 4.05. The van der Waals surface area contributed by atoms with Gasteiger partial charge in [0.1, 0.15) is 0 Å². The molecule has 11 rings (SSSR count). The molecule has 8 aromatic carbocycles. The van der Waals surface area contributed by atoms with Crippen molar-refractivity contribution < 1.29 is 45.1 Å². The molecule has 0 nitrogen and oxygen atoms in total. The van der Waals surface area contributed by atoms with E-state index >= 15 is 0 Å². The molecule has 0 bridgehead atoms. The maximum absolute atomic E-state index is 3.14. The van der Waals surface area contributed by atoms with E-state index in [1.807, 2.05) is 0 Å². The Morgan fingerprint density at radius 1 is 0.407 bits per heavy atom. The van der Waals surface area contributed by atoms with E-state index in [0.717, 1.165) is 12.8 Å². The van der Waals surface area contributed by atoms with Crippen LogP contribution in [0.1, 0.15) is 81.2 Å². The van der Waals surface area contributed by atoms with Crippen molar-refractivity contribution >= 4 is 54.2 Å². The van der Waals surface area contributed by atoms with E-state index in [-0.39, 0.29) is 24.8 Å². The maximum atomic E-state index is 2.55. The van der Waals surface area contributed by atoms with Gasteiger partial charge in [0.15, 0.2) is 0 Å². The van der Waals surface area contributed by atoms with Gasteiger partial charge in [-0.3, -0.25) is 0 Å². The summed E-state index contributed by atoms with van der Waals surface area (Å²) >= 11 is -3.14. The predicted octanol–water partition coefficient (Wildman–Crippen LogP) is 9.82. The third kappa shape index (κ3) is 6.50. The van der Waals surface area contributed by atoms with Gasteiger partial charge in [-0.2, -0.15) is 0 Å². The standard InChI is InChI=1S/2C27H23.C2H4.2ClH.Zr/c2*1-18(2)14-23-16-21-10-5-6-12-24(21)27(23)25-13-7-11-22-15-19-8-3-4-9-20(19)17-26(22)25;1-2;;;/h2*3-13,15-18H,14H2,1-2H3;1-2H2;2*1H;/q;;;;;+2/p-2. The summed E-state index contributed by atoms with van der Waals surface area (Å²) in [6.45, 7) is 9.81. The third-order valence-electron chi connectivity index (χ3n) is 13.7. The Morgan fingerprint density at radius 3 is 1.14 bits per heavy atom. The van der Waals surface area contributed by atoms with Gasteiger partial charge >= 0.3 is 345 Å². The molecule has 1 fully saturated rings. The van der Waals surface area contributed by atoms with Crippen LogP contribution in [0.25, 0.3) is 54.2 Å². The van der Waals surface area contributed by atoms with Crippen LogP contribution in [-0.4, -0.2) is 0 Å². The summed E-state index contributed by atoms with van der Waals surface area (Å²) in [6, 6.07) is 61.1. The summed E-state index contributed by atoms with van der Waals surface area (Å²) in [5, 5.41) is 10.7. The van der Waals surface area contributed by atoms with E-state index in [9.17, 15) is 0 Å². The van der Waals surface area contributed by atoms with Gasteiger partial charge in [-0.05, 0) is 0 Å². The fraction of sp³-hybridized carbons (Fsp3) is 0.214. The number of fused-ring (bicyclic) bond motifs is 6. The Labute approximate surface area is 366 Å². The zero-order valence-corrected chi connectivity index (χ0v) is 38.4. The Kier molecular flexibility index (Phi) is 10.7. The second kappa shape index (κ2) is 15.6. The summed E-state index contributed by atoms with van der Waals surface area (Å²) in [7, 11) is 0. The molecular formula is C56H50Cl2Zr. The van der Waals surface area contributed by atoms with Crippen molar-refractivity contribution in [1.29, 1.82) is 0 Å². The topological polar surface area (TPSA) is 0 Å². The number of allylic oxidation sites excluding steroid dienone is 2. The Balaban J connectivity index is 0.00000224. The molecule has 0 radical (unpaired) electrons. The van der Waals surface area contributed by atoms with Gasteiger partial charge in [0.2, 0.25) is 0 Å². The van der Waals surface area contributed by atoms with Crippen LogP contribution in [0.2, 0.25) is 8.26 Å². The number of hydrogen-bond donors (Lipinski definition) is 0. The quantitative estimate of drug-likeness (QED) is 0.134. The predicted molar refractivity (Wildman–Crippen MR) is 242 cm³/mol. The van der Waals surface area contributed by atoms with Gasteiger partial charge in [0.25, 0.3) is 0 Å². The van der Waals surface area contributed by atoms with Crippen LogP contribution < -0.4 is 24.8 Å². The van der Waals surface area contributed by atoms with Crippen molar-refractivity contribution in [2.45, 2.75) is 56.0 Å². The minimum atomic E-state index is -3.14. The van der Waals surface area contributed by atoms with Gasteiger partial charge in [0, 0.05) is 0 Å². The van der Waals surface area contributed by atoms with E-state index in [1.165, 1.54) is 73.6 Å². The van der Waals surface area contributed by atoms with Crippen molar-refractivity contribution in [3.05, 3.63) is 202 Å². The van der Waals surface area contributed by atoms with Crippen molar-refractivity contribution in [2.75, 3.05) is 0 Å². The zero-order chi connectivity index (χ0) is 38.4. The molecule has 1 saturated heterocycles. The second-order valence-corrected chi connectivity index (χ2v) is 29.6. The van der Waals surface area contributed by atoms with E-state index in [4.69, 9.17) is 0 Å². The van der Waals surface area contributed by atoms with E-state index in [2.05, 4.69) is 185 Å². The first-order chi connectivity index (χ1) is 27.9. The number of hydrogen-bond acceptors (Lipinski definition) is 0. The van der Waals surface area contributed by atoms with Crippen LogP contribution in [0.3, 0.4) is 0 Å². The van der Waals surface area contributed by atoms with Crippen molar-refractivity contribution in [3.8, 4) is 0 Å². The third-order valence-corrected chi connectivity index (χ3v) is 26.6. The van der Waals surface area contributed by atoms with Crippen LogP contribution >= 0.6 is 0 Å². The minimum Gasteiger partial charge on any atom is -1.00 e. The van der Waals surface area contributed by atoms with Crippen LogP contribution in [0, 0.1) is 11.8 Å². The molecule has 0 spiro atoms. The van der Waals surface area contributed by atoms with Gasteiger partial charge in [-0.15, -0.1) is 0 Å². The van der Waals surface area contributed by atoms with Gasteiger partial charge in [-0.1, -0.05) is 0 Å². The number of rotatable bonds is 8. The number of halogens is 2. The van der Waals surface area contributed by atoms with E-state index in [1.54, 1.807) is 33.4 Å². The largest absolute Gasteiger partial charge is 1.00 e. The molecule has 1 heterocycles. The average molecular weight is 885 g/mol. The van der Waals surface area contributed by atoms with Crippen molar-refractivity contribution in [1.82, 2.24) is 0 Å². The molecule has 2 unspecified atom stereocenters. The normalized spacial score (nSPS) is 17.3. The van der Waals surface area contributed by atoms with Gasteiger partial charge < -0.3 is 24.8 Å². The van der Waals surface area contributed by atoms with Crippen molar-refractivity contribution in [2.24, 2.45) is 11.8 Å². The fourth-order valence-electron chi connectivity index (χ4n) is 11.5. The molecule has 1 aliphatic heterocycles. The summed E-state index contributed by atoms with van der Waals surface area (Å²) in [6.07, 6.45) is 2.30. The molecule has 3 aliphatic rings. The SMILES string of the molecule is CC(C)CC1=C(c2cccc3cc4ccccc4cc23)c2ccccc2[CH]1[Zr+2]1([CH]2C(CC(C)C)=C(c3cccc4cc5ccccc5cc34)c3ccccc32)[CH2][CH2]1.[Cl-].[Cl-]. The molecule has 8 aromatic rings.